The summed E-state index contributed by atoms with van der Waals surface area (Å²) in [4.78, 5) is 24.9. The summed E-state index contributed by atoms with van der Waals surface area (Å²) in [5, 5.41) is 11.5. The van der Waals surface area contributed by atoms with Crippen LogP contribution in [0.5, 0.6) is 11.5 Å². The van der Waals surface area contributed by atoms with Gasteiger partial charge in [-0.2, -0.15) is 0 Å². The topological polar surface area (TPSA) is 122 Å². The summed E-state index contributed by atoms with van der Waals surface area (Å²) in [6, 6.07) is 8.65. The highest BCUT2D eigenvalue weighted by Crippen LogP contribution is 2.45. The Bertz CT molecular complexity index is 998. The second-order valence-electron chi connectivity index (χ2n) is 7.02. The van der Waals surface area contributed by atoms with E-state index in [9.17, 15) is 23.7 Å². The fourth-order valence-electron chi connectivity index (χ4n) is 4.05. The molecule has 3 rings (SSSR count). The number of fused-ring (bicyclic) bond motifs is 1. The molecule has 0 fully saturated rings. The van der Waals surface area contributed by atoms with E-state index in [0.29, 0.717) is 35.5 Å². The minimum absolute atomic E-state index is 0.118. The molecule has 2 aromatic carbocycles. The van der Waals surface area contributed by atoms with E-state index in [1.165, 1.54) is 13.2 Å². The number of hydrogen-bond acceptors (Lipinski definition) is 8. The molecule has 10 heteroatoms. The van der Waals surface area contributed by atoms with Crippen molar-refractivity contribution >= 4 is 23.1 Å². The Morgan fingerprint density at radius 2 is 2.10 bits per heavy atom. The zero-order chi connectivity index (χ0) is 22.5. The molecular weight excluding hydrogens is 424 g/mol. The first kappa shape index (κ1) is 22.9. The largest absolute Gasteiger partial charge is 0.772 e. The molecule has 1 aliphatic heterocycles. The summed E-state index contributed by atoms with van der Waals surface area (Å²) >= 11 is -2.28. The van der Waals surface area contributed by atoms with Crippen molar-refractivity contribution in [2.24, 2.45) is 0 Å². The quantitative estimate of drug-likeness (QED) is 0.236. The Labute approximate surface area is 182 Å². The maximum Gasteiger partial charge on any atom is 0.274 e. The van der Waals surface area contributed by atoms with Crippen LogP contribution in [0.25, 0.3) is 0 Å². The van der Waals surface area contributed by atoms with Crippen LogP contribution in [0.4, 0.5) is 5.69 Å². The van der Waals surface area contributed by atoms with Crippen molar-refractivity contribution in [2.45, 2.75) is 32.0 Å². The molecule has 1 heterocycles. The van der Waals surface area contributed by atoms with E-state index in [4.69, 9.17) is 9.47 Å². The van der Waals surface area contributed by atoms with E-state index in [2.05, 4.69) is 0 Å². The van der Waals surface area contributed by atoms with Crippen LogP contribution in [0.3, 0.4) is 0 Å². The highest BCUT2D eigenvalue weighted by molar-refractivity contribution is 7.79. The van der Waals surface area contributed by atoms with Gasteiger partial charge in [0, 0.05) is 24.4 Å². The molecule has 0 amide bonds. The standard InChI is InChI=1S/C21H24N2O7S/c1-3-30-20-11-14(7-8-19(20)29-2)16(9-10-31(27)28)22-12-15-5-4-6-17(23(25)26)21(15)18(22)13-24/h4-8,11,13,16,18H,3,9-10,12H2,1-2H3,(H,27,28)/p-1/t16?,18-/m1/s1. The minimum atomic E-state index is -2.28. The number of nitro benzene ring substituents is 1. The number of hydrogen-bond donors (Lipinski definition) is 0. The number of nitrogens with zero attached hydrogens (tertiary/aromatic N) is 2. The smallest absolute Gasteiger partial charge is 0.274 e. The molecular formula is C21H23N2O7S-. The van der Waals surface area contributed by atoms with Crippen LogP contribution in [0.1, 0.15) is 42.1 Å². The summed E-state index contributed by atoms with van der Waals surface area (Å²) in [6.07, 6.45) is 0.882. The van der Waals surface area contributed by atoms with Crippen molar-refractivity contribution in [1.82, 2.24) is 4.90 Å². The summed E-state index contributed by atoms with van der Waals surface area (Å²) < 4.78 is 33.6. The van der Waals surface area contributed by atoms with Gasteiger partial charge in [-0.05, 0) is 36.6 Å². The highest BCUT2D eigenvalue weighted by Gasteiger charge is 2.40. The molecule has 0 spiro atoms. The van der Waals surface area contributed by atoms with E-state index in [1.54, 1.807) is 35.2 Å². The average molecular weight is 447 g/mol. The van der Waals surface area contributed by atoms with E-state index < -0.39 is 28.1 Å². The van der Waals surface area contributed by atoms with Crippen molar-refractivity contribution < 1.29 is 28.0 Å². The van der Waals surface area contributed by atoms with Crippen LogP contribution in [-0.4, -0.2) is 44.3 Å². The second-order valence-corrected chi connectivity index (χ2v) is 8.03. The fraction of sp³-hybridized carbons (Fsp3) is 0.381. The average Bonchev–Trinajstić information content (AvgIpc) is 3.12. The van der Waals surface area contributed by atoms with E-state index in [-0.39, 0.29) is 24.4 Å². The number of ether oxygens (including phenoxy) is 2. The van der Waals surface area contributed by atoms with Gasteiger partial charge in [-0.25, -0.2) is 0 Å². The lowest BCUT2D eigenvalue weighted by atomic mass is 9.99. The molecule has 0 aliphatic carbocycles. The van der Waals surface area contributed by atoms with Gasteiger partial charge in [0.25, 0.3) is 5.69 Å². The Morgan fingerprint density at radius 3 is 2.71 bits per heavy atom. The number of nitro groups is 1. The van der Waals surface area contributed by atoms with Crippen molar-refractivity contribution in [3.8, 4) is 11.5 Å². The lowest BCUT2D eigenvalue weighted by Gasteiger charge is -2.32. The number of methoxy groups -OCH3 is 1. The van der Waals surface area contributed by atoms with Crippen LogP contribution < -0.4 is 9.47 Å². The number of aldehydes is 1. The molecule has 0 bridgehead atoms. The molecule has 0 aromatic heterocycles. The van der Waals surface area contributed by atoms with Crippen molar-refractivity contribution in [2.75, 3.05) is 19.5 Å². The Balaban J connectivity index is 2.06. The summed E-state index contributed by atoms with van der Waals surface area (Å²) in [5.74, 6) is 0.909. The number of carbonyl (C=O) groups is 1. The van der Waals surface area contributed by atoms with E-state index >= 15 is 0 Å². The third-order valence-corrected chi connectivity index (χ3v) is 5.90. The Hall–Kier alpha value is -2.82. The maximum absolute atomic E-state index is 12.1. The first-order chi connectivity index (χ1) is 14.9. The predicted molar refractivity (Wildman–Crippen MR) is 113 cm³/mol. The van der Waals surface area contributed by atoms with Gasteiger partial charge < -0.3 is 18.8 Å². The summed E-state index contributed by atoms with van der Waals surface area (Å²) in [7, 11) is 1.52. The predicted octanol–water partition coefficient (Wildman–Crippen LogP) is 3.07. The van der Waals surface area contributed by atoms with Gasteiger partial charge >= 0.3 is 0 Å². The monoisotopic (exact) mass is 447 g/mol. The van der Waals surface area contributed by atoms with Gasteiger partial charge in [-0.3, -0.25) is 19.2 Å². The zero-order valence-corrected chi connectivity index (χ0v) is 18.0. The number of rotatable bonds is 10. The third-order valence-electron chi connectivity index (χ3n) is 5.34. The SMILES string of the molecule is CCOc1cc(C(CCS(=O)[O-])N2Cc3cccc([N+](=O)[O-])c3[C@H]2C=O)ccc1OC. The molecule has 166 valence electrons. The van der Waals surface area contributed by atoms with E-state index in [0.717, 1.165) is 5.56 Å². The third kappa shape index (κ3) is 4.76. The molecule has 2 unspecified atom stereocenters. The number of benzene rings is 2. The van der Waals surface area contributed by atoms with Gasteiger partial charge in [0.15, 0.2) is 11.5 Å². The van der Waals surface area contributed by atoms with Crippen LogP contribution in [0.15, 0.2) is 36.4 Å². The van der Waals surface area contributed by atoms with Crippen LogP contribution in [0, 0.1) is 10.1 Å². The maximum atomic E-state index is 12.1. The fourth-order valence-corrected chi connectivity index (χ4v) is 4.47. The lowest BCUT2D eigenvalue weighted by molar-refractivity contribution is -0.385. The molecule has 1 aliphatic rings. The van der Waals surface area contributed by atoms with E-state index in [1.807, 2.05) is 6.92 Å². The molecule has 3 atom stereocenters. The van der Waals surface area contributed by atoms with Gasteiger partial charge in [0.2, 0.25) is 0 Å². The van der Waals surface area contributed by atoms with Crippen molar-refractivity contribution in [1.29, 1.82) is 0 Å². The molecule has 0 N–H and O–H groups in total. The minimum Gasteiger partial charge on any atom is -0.772 e. The van der Waals surface area contributed by atoms with Gasteiger partial charge in [0.1, 0.15) is 6.29 Å². The lowest BCUT2D eigenvalue weighted by Crippen LogP contribution is -2.29. The van der Waals surface area contributed by atoms with Gasteiger partial charge in [0.05, 0.1) is 30.2 Å². The van der Waals surface area contributed by atoms with Crippen molar-refractivity contribution in [3.63, 3.8) is 0 Å². The molecule has 0 saturated carbocycles. The Morgan fingerprint density at radius 1 is 1.32 bits per heavy atom. The van der Waals surface area contributed by atoms with Gasteiger partial charge in [-0.1, -0.05) is 29.3 Å². The summed E-state index contributed by atoms with van der Waals surface area (Å²) in [5.41, 5.74) is 1.65. The van der Waals surface area contributed by atoms with Crippen LogP contribution in [-0.2, 0) is 22.4 Å². The molecule has 0 radical (unpaired) electrons. The van der Waals surface area contributed by atoms with Crippen LogP contribution in [0.2, 0.25) is 0 Å². The molecule has 2 aromatic rings. The Kier molecular flexibility index (Phi) is 7.37. The first-order valence-corrected chi connectivity index (χ1v) is 11.0. The molecule has 0 saturated heterocycles. The second kappa shape index (κ2) is 9.99. The molecule has 9 nitrogen and oxygen atoms in total. The van der Waals surface area contributed by atoms with Crippen LogP contribution >= 0.6 is 0 Å². The van der Waals surface area contributed by atoms with Crippen molar-refractivity contribution in [3.05, 3.63) is 63.2 Å². The zero-order valence-electron chi connectivity index (χ0n) is 17.2. The normalized spacial score (nSPS) is 17.6. The highest BCUT2D eigenvalue weighted by atomic mass is 32.2. The molecule has 31 heavy (non-hydrogen) atoms. The summed E-state index contributed by atoms with van der Waals surface area (Å²) in [6.45, 7) is 2.53. The number of carbonyl (C=O) groups excluding carboxylic acids is 1. The first-order valence-electron chi connectivity index (χ1n) is 9.75. The van der Waals surface area contributed by atoms with Gasteiger partial charge in [-0.15, -0.1) is 0 Å².